The third-order valence-corrected chi connectivity index (χ3v) is 5.69. The summed E-state index contributed by atoms with van der Waals surface area (Å²) in [6.07, 6.45) is 1.11. The van der Waals surface area contributed by atoms with Crippen molar-refractivity contribution in [2.75, 3.05) is 5.32 Å². The van der Waals surface area contributed by atoms with Gasteiger partial charge in [0.1, 0.15) is 11.5 Å². The Bertz CT molecular complexity index is 1220. The van der Waals surface area contributed by atoms with Crippen LogP contribution in [0, 0.1) is 5.41 Å². The summed E-state index contributed by atoms with van der Waals surface area (Å²) < 4.78 is 0. The fourth-order valence-corrected chi connectivity index (χ4v) is 4.61. The van der Waals surface area contributed by atoms with Gasteiger partial charge in [-0.25, -0.2) is 4.98 Å². The maximum atomic E-state index is 12.6. The van der Waals surface area contributed by atoms with E-state index in [0.717, 1.165) is 0 Å². The number of rotatable bonds is 4. The first-order valence-electron chi connectivity index (χ1n) is 9.62. The topological polar surface area (TPSA) is 86.9 Å². The van der Waals surface area contributed by atoms with Crippen LogP contribution >= 0.6 is 23.2 Å². The van der Waals surface area contributed by atoms with E-state index in [1.807, 2.05) is 6.92 Å². The van der Waals surface area contributed by atoms with Crippen LogP contribution < -0.4 is 16.2 Å². The first-order valence-corrected chi connectivity index (χ1v) is 10.4. The van der Waals surface area contributed by atoms with E-state index in [1.54, 1.807) is 36.4 Å². The second-order valence-electron chi connectivity index (χ2n) is 8.79. The lowest BCUT2D eigenvalue weighted by molar-refractivity contribution is 0.0880. The SMILES string of the molecule is CC(C)(Cc1nc2cc(Cl)ccc2c(=O)[nH]1)CC1(C)NC(=O)c2ccc(Cl)cc2N1. The first kappa shape index (κ1) is 20.7. The van der Waals surface area contributed by atoms with Gasteiger partial charge >= 0.3 is 0 Å². The Morgan fingerprint density at radius 2 is 1.73 bits per heavy atom. The summed E-state index contributed by atoms with van der Waals surface area (Å²) in [5.41, 5.74) is 0.659. The largest absolute Gasteiger partial charge is 0.362 e. The van der Waals surface area contributed by atoms with Crippen molar-refractivity contribution >= 4 is 45.7 Å². The number of hydrogen-bond donors (Lipinski definition) is 3. The highest BCUT2D eigenvalue weighted by Crippen LogP contribution is 2.36. The smallest absolute Gasteiger partial charge is 0.258 e. The minimum absolute atomic E-state index is 0.148. The summed E-state index contributed by atoms with van der Waals surface area (Å²) in [5.74, 6) is 0.430. The molecule has 2 heterocycles. The molecular weight excluding hydrogens is 423 g/mol. The minimum atomic E-state index is -0.682. The second-order valence-corrected chi connectivity index (χ2v) is 9.67. The molecule has 6 nitrogen and oxygen atoms in total. The van der Waals surface area contributed by atoms with Crippen molar-refractivity contribution < 1.29 is 4.79 Å². The quantitative estimate of drug-likeness (QED) is 0.541. The third-order valence-electron chi connectivity index (χ3n) is 5.22. The van der Waals surface area contributed by atoms with Gasteiger partial charge in [-0.3, -0.25) is 9.59 Å². The molecule has 1 aromatic heterocycles. The highest BCUT2D eigenvalue weighted by molar-refractivity contribution is 6.31. The van der Waals surface area contributed by atoms with Crippen LogP contribution in [-0.2, 0) is 6.42 Å². The molecule has 1 aliphatic rings. The summed E-state index contributed by atoms with van der Waals surface area (Å²) >= 11 is 12.2. The zero-order chi connectivity index (χ0) is 21.7. The number of halogens is 2. The van der Waals surface area contributed by atoms with Gasteiger partial charge in [0.15, 0.2) is 0 Å². The highest BCUT2D eigenvalue weighted by Gasteiger charge is 2.38. The number of carbonyl (C=O) groups is 1. The highest BCUT2D eigenvalue weighted by atomic mass is 35.5. The molecule has 8 heteroatoms. The van der Waals surface area contributed by atoms with E-state index in [9.17, 15) is 9.59 Å². The van der Waals surface area contributed by atoms with E-state index in [2.05, 4.69) is 34.4 Å². The Labute approximate surface area is 184 Å². The first-order chi connectivity index (χ1) is 14.0. The van der Waals surface area contributed by atoms with Crippen LogP contribution in [0.15, 0.2) is 41.2 Å². The Morgan fingerprint density at radius 3 is 2.50 bits per heavy atom. The van der Waals surface area contributed by atoms with E-state index < -0.39 is 5.66 Å². The van der Waals surface area contributed by atoms with Crippen molar-refractivity contribution in [3.63, 3.8) is 0 Å². The maximum absolute atomic E-state index is 12.6. The summed E-state index contributed by atoms with van der Waals surface area (Å²) in [6, 6.07) is 10.2. The molecular formula is C22H22Cl2N4O2. The fourth-order valence-electron chi connectivity index (χ4n) is 4.27. The van der Waals surface area contributed by atoms with Crippen LogP contribution in [-0.4, -0.2) is 21.5 Å². The third kappa shape index (κ3) is 4.16. The summed E-state index contributed by atoms with van der Waals surface area (Å²) in [6.45, 7) is 6.08. The number of hydrogen-bond acceptors (Lipinski definition) is 4. The Hall–Kier alpha value is -2.57. The molecule has 2 aromatic carbocycles. The predicted octanol–water partition coefficient (Wildman–Crippen LogP) is 4.76. The van der Waals surface area contributed by atoms with Gasteiger partial charge in [-0.2, -0.15) is 0 Å². The molecule has 0 saturated heterocycles. The number of amides is 1. The molecule has 1 unspecified atom stereocenters. The van der Waals surface area contributed by atoms with Gasteiger partial charge in [0.05, 0.1) is 22.2 Å². The summed E-state index contributed by atoms with van der Waals surface area (Å²) in [5, 5.41) is 8.06. The Morgan fingerprint density at radius 1 is 1.03 bits per heavy atom. The number of anilines is 1. The van der Waals surface area contributed by atoms with Crippen LogP contribution in [0.2, 0.25) is 10.0 Å². The van der Waals surface area contributed by atoms with Gasteiger partial charge in [-0.05, 0) is 55.2 Å². The van der Waals surface area contributed by atoms with Crippen molar-refractivity contribution in [1.29, 1.82) is 0 Å². The zero-order valence-corrected chi connectivity index (χ0v) is 18.4. The van der Waals surface area contributed by atoms with Gasteiger partial charge in [0.2, 0.25) is 0 Å². The number of nitrogens with zero attached hydrogens (tertiary/aromatic N) is 1. The minimum Gasteiger partial charge on any atom is -0.362 e. The number of fused-ring (bicyclic) bond motifs is 2. The van der Waals surface area contributed by atoms with Crippen molar-refractivity contribution in [2.45, 2.75) is 39.3 Å². The van der Waals surface area contributed by atoms with E-state index in [0.29, 0.717) is 50.9 Å². The molecule has 0 fully saturated rings. The molecule has 3 aromatic rings. The van der Waals surface area contributed by atoms with Crippen LogP contribution in [0.25, 0.3) is 10.9 Å². The average molecular weight is 445 g/mol. The van der Waals surface area contributed by atoms with Gasteiger partial charge in [0.25, 0.3) is 11.5 Å². The molecule has 0 spiro atoms. The number of nitrogens with one attached hydrogen (secondary N) is 3. The van der Waals surface area contributed by atoms with E-state index >= 15 is 0 Å². The van der Waals surface area contributed by atoms with Gasteiger partial charge in [0, 0.05) is 16.5 Å². The van der Waals surface area contributed by atoms with E-state index in [-0.39, 0.29) is 16.9 Å². The Balaban J connectivity index is 1.59. The average Bonchev–Trinajstić information content (AvgIpc) is 2.59. The van der Waals surface area contributed by atoms with Crippen molar-refractivity contribution in [3.05, 3.63) is 68.2 Å². The predicted molar refractivity (Wildman–Crippen MR) is 120 cm³/mol. The lowest BCUT2D eigenvalue weighted by atomic mass is 9.79. The second kappa shape index (κ2) is 7.29. The number of carbonyl (C=O) groups excluding carboxylic acids is 1. The standard InChI is InChI=1S/C22H22Cl2N4O2/c1-21(2,10-18-25-16-8-12(23)4-6-14(16)19(29)26-18)11-22(3)27-17-9-13(24)5-7-15(17)20(30)28-22/h4-9,27H,10-11H2,1-3H3,(H,28,30)(H,25,26,29). The lowest BCUT2D eigenvalue weighted by Crippen LogP contribution is -2.57. The summed E-state index contributed by atoms with van der Waals surface area (Å²) in [4.78, 5) is 32.5. The molecule has 1 atom stereocenters. The number of aromatic nitrogens is 2. The van der Waals surface area contributed by atoms with Crippen molar-refractivity contribution in [1.82, 2.24) is 15.3 Å². The fraction of sp³-hybridized carbons (Fsp3) is 0.318. The molecule has 4 rings (SSSR count). The van der Waals surface area contributed by atoms with Crippen LogP contribution in [0.3, 0.4) is 0 Å². The molecule has 156 valence electrons. The van der Waals surface area contributed by atoms with E-state index in [1.165, 1.54) is 0 Å². The summed E-state index contributed by atoms with van der Waals surface area (Å²) in [7, 11) is 0. The number of H-pyrrole nitrogens is 1. The zero-order valence-electron chi connectivity index (χ0n) is 16.9. The normalized spacial score (nSPS) is 18.6. The molecule has 1 aliphatic heterocycles. The molecule has 0 aliphatic carbocycles. The molecule has 3 N–H and O–H groups in total. The van der Waals surface area contributed by atoms with Crippen LogP contribution in [0.1, 0.15) is 43.4 Å². The van der Waals surface area contributed by atoms with Crippen LogP contribution in [0.5, 0.6) is 0 Å². The molecule has 0 saturated carbocycles. The maximum Gasteiger partial charge on any atom is 0.258 e. The van der Waals surface area contributed by atoms with E-state index in [4.69, 9.17) is 23.2 Å². The molecule has 30 heavy (non-hydrogen) atoms. The van der Waals surface area contributed by atoms with Gasteiger partial charge in [-0.15, -0.1) is 0 Å². The molecule has 1 amide bonds. The number of benzene rings is 2. The number of aromatic amines is 1. The monoisotopic (exact) mass is 444 g/mol. The van der Waals surface area contributed by atoms with Crippen molar-refractivity contribution in [3.8, 4) is 0 Å². The van der Waals surface area contributed by atoms with Gasteiger partial charge in [-0.1, -0.05) is 37.0 Å². The molecule has 0 radical (unpaired) electrons. The Kier molecular flexibility index (Phi) is 5.03. The van der Waals surface area contributed by atoms with Crippen LogP contribution in [0.4, 0.5) is 5.69 Å². The van der Waals surface area contributed by atoms with Gasteiger partial charge < -0.3 is 15.6 Å². The molecule has 0 bridgehead atoms. The lowest BCUT2D eigenvalue weighted by Gasteiger charge is -2.42. The van der Waals surface area contributed by atoms with Crippen molar-refractivity contribution in [2.24, 2.45) is 5.41 Å².